The Labute approximate surface area is 183 Å². The average Bonchev–Trinajstić information content (AvgIpc) is 3.26. The van der Waals surface area contributed by atoms with Crippen LogP contribution in [0, 0.1) is 11.6 Å². The summed E-state index contributed by atoms with van der Waals surface area (Å²) < 4.78 is 33.7. The van der Waals surface area contributed by atoms with Crippen molar-refractivity contribution in [2.24, 2.45) is 0 Å². The van der Waals surface area contributed by atoms with Crippen molar-refractivity contribution in [2.75, 3.05) is 13.1 Å². The Morgan fingerprint density at radius 1 is 1.06 bits per heavy atom. The van der Waals surface area contributed by atoms with E-state index in [1.165, 1.54) is 12.1 Å². The van der Waals surface area contributed by atoms with E-state index < -0.39 is 29.5 Å². The van der Waals surface area contributed by atoms with Crippen LogP contribution in [0.2, 0.25) is 5.02 Å². The third-order valence-corrected chi connectivity index (χ3v) is 6.88. The van der Waals surface area contributed by atoms with Crippen molar-refractivity contribution in [2.45, 2.75) is 43.6 Å². The fraction of sp³-hybridized carbons (Fsp3) is 0.391. The van der Waals surface area contributed by atoms with E-state index in [1.54, 1.807) is 34.1 Å². The fourth-order valence-corrected chi connectivity index (χ4v) is 5.23. The molecule has 2 aromatic rings. The van der Waals surface area contributed by atoms with Crippen LogP contribution >= 0.6 is 11.6 Å². The Bertz CT molecular complexity index is 1030. The number of amides is 2. The molecule has 31 heavy (non-hydrogen) atoms. The van der Waals surface area contributed by atoms with Gasteiger partial charge in [0.05, 0.1) is 16.6 Å². The molecule has 0 radical (unpaired) electrons. The number of ether oxygens (including phenoxy) is 1. The highest BCUT2D eigenvalue weighted by Gasteiger charge is 2.58. The van der Waals surface area contributed by atoms with Crippen LogP contribution in [0.25, 0.3) is 0 Å². The number of nitrogens with zero attached hydrogens (tertiary/aromatic N) is 2. The van der Waals surface area contributed by atoms with E-state index in [1.807, 2.05) is 0 Å². The van der Waals surface area contributed by atoms with Crippen molar-refractivity contribution < 1.29 is 23.1 Å². The van der Waals surface area contributed by atoms with Crippen molar-refractivity contribution in [1.29, 1.82) is 0 Å². The van der Waals surface area contributed by atoms with Crippen LogP contribution in [-0.2, 0) is 9.53 Å². The molecule has 0 N–H and O–H groups in total. The summed E-state index contributed by atoms with van der Waals surface area (Å²) in [5.41, 5.74) is -0.111. The standard InChI is InChI=1S/C23H21ClF2N2O3/c24-18-4-2-1-3-17(18)21(29)27-9-7-23(8-10-27)22(30)28-19(5-6-20(28)31-23)14-11-15(25)13-16(26)12-14/h1-4,11-13,19-20H,5-10H2/t19-,20+/m0/s1. The van der Waals surface area contributed by atoms with Crippen molar-refractivity contribution in [1.82, 2.24) is 9.80 Å². The van der Waals surface area contributed by atoms with E-state index in [9.17, 15) is 18.4 Å². The van der Waals surface area contributed by atoms with Crippen LogP contribution in [-0.4, -0.2) is 46.5 Å². The van der Waals surface area contributed by atoms with Crippen molar-refractivity contribution >= 4 is 23.4 Å². The molecule has 0 unspecified atom stereocenters. The topological polar surface area (TPSA) is 49.9 Å². The van der Waals surface area contributed by atoms with E-state index in [4.69, 9.17) is 16.3 Å². The number of halogens is 3. The van der Waals surface area contributed by atoms with Gasteiger partial charge < -0.3 is 14.5 Å². The first-order valence-corrected chi connectivity index (χ1v) is 10.8. The van der Waals surface area contributed by atoms with Crippen molar-refractivity contribution in [3.63, 3.8) is 0 Å². The van der Waals surface area contributed by atoms with Gasteiger partial charge in [0.2, 0.25) is 0 Å². The lowest BCUT2D eigenvalue weighted by atomic mass is 9.89. The minimum atomic E-state index is -0.994. The minimum absolute atomic E-state index is 0.158. The number of piperidine rings is 1. The zero-order chi connectivity index (χ0) is 21.8. The molecule has 2 atom stereocenters. The summed E-state index contributed by atoms with van der Waals surface area (Å²) >= 11 is 6.16. The zero-order valence-corrected chi connectivity index (χ0v) is 17.4. The lowest BCUT2D eigenvalue weighted by molar-refractivity contribution is -0.142. The molecular formula is C23H21ClF2N2O3. The third-order valence-electron chi connectivity index (χ3n) is 6.55. The summed E-state index contributed by atoms with van der Waals surface area (Å²) in [4.78, 5) is 29.6. The SMILES string of the molecule is O=C(c1ccccc1Cl)N1CCC2(CC1)O[C@@H]1CC[C@@H](c3cc(F)cc(F)c3)N1C2=O. The highest BCUT2D eigenvalue weighted by molar-refractivity contribution is 6.33. The van der Waals surface area contributed by atoms with Crippen LogP contribution in [0.5, 0.6) is 0 Å². The predicted octanol–water partition coefficient (Wildman–Crippen LogP) is 4.31. The molecule has 0 bridgehead atoms. The molecule has 0 aliphatic carbocycles. The molecule has 3 saturated heterocycles. The van der Waals surface area contributed by atoms with Crippen LogP contribution in [0.3, 0.4) is 0 Å². The maximum Gasteiger partial charge on any atom is 0.257 e. The normalized spacial score (nSPS) is 24.7. The molecule has 3 aliphatic rings. The van der Waals surface area contributed by atoms with Crippen molar-refractivity contribution in [3.05, 3.63) is 70.2 Å². The first kappa shape index (κ1) is 20.4. The number of hydrogen-bond acceptors (Lipinski definition) is 3. The van der Waals surface area contributed by atoms with E-state index in [-0.39, 0.29) is 11.8 Å². The zero-order valence-electron chi connectivity index (χ0n) is 16.7. The van der Waals surface area contributed by atoms with Gasteiger partial charge in [0.15, 0.2) is 5.60 Å². The lowest BCUT2D eigenvalue weighted by Crippen LogP contribution is -2.51. The molecular weight excluding hydrogens is 426 g/mol. The summed E-state index contributed by atoms with van der Waals surface area (Å²) in [5.74, 6) is -1.65. The summed E-state index contributed by atoms with van der Waals surface area (Å²) in [6, 6.07) is 9.86. The molecule has 162 valence electrons. The highest BCUT2D eigenvalue weighted by Crippen LogP contribution is 2.47. The Balaban J connectivity index is 1.32. The molecule has 1 spiro atoms. The first-order chi connectivity index (χ1) is 14.9. The Kier molecular flexibility index (Phi) is 4.98. The minimum Gasteiger partial charge on any atom is -0.342 e. The van der Waals surface area contributed by atoms with Gasteiger partial charge in [-0.05, 0) is 42.7 Å². The predicted molar refractivity (Wildman–Crippen MR) is 109 cm³/mol. The molecule has 8 heteroatoms. The smallest absolute Gasteiger partial charge is 0.257 e. The molecule has 5 nitrogen and oxygen atoms in total. The van der Waals surface area contributed by atoms with E-state index >= 15 is 0 Å². The largest absolute Gasteiger partial charge is 0.342 e. The molecule has 3 heterocycles. The average molecular weight is 447 g/mol. The van der Waals surface area contributed by atoms with Gasteiger partial charge >= 0.3 is 0 Å². The molecule has 0 aromatic heterocycles. The Hall–Kier alpha value is -2.51. The second-order valence-electron chi connectivity index (χ2n) is 8.35. The molecule has 3 aliphatic heterocycles. The second kappa shape index (κ2) is 7.57. The van der Waals surface area contributed by atoms with Gasteiger partial charge in [0.25, 0.3) is 11.8 Å². The summed E-state index contributed by atoms with van der Waals surface area (Å²) in [6.07, 6.45) is 1.54. The van der Waals surface area contributed by atoms with E-state index in [2.05, 4.69) is 0 Å². The van der Waals surface area contributed by atoms with Gasteiger partial charge in [0, 0.05) is 32.0 Å². The molecule has 0 saturated carbocycles. The first-order valence-electron chi connectivity index (χ1n) is 10.4. The fourth-order valence-electron chi connectivity index (χ4n) is 5.02. The number of carbonyl (C=O) groups excluding carboxylic acids is 2. The summed E-state index contributed by atoms with van der Waals surface area (Å²) in [7, 11) is 0. The highest BCUT2D eigenvalue weighted by atomic mass is 35.5. The number of likely N-dealkylation sites (tertiary alicyclic amines) is 1. The third kappa shape index (κ3) is 3.40. The molecule has 5 rings (SSSR count). The lowest BCUT2D eigenvalue weighted by Gasteiger charge is -2.37. The second-order valence-corrected chi connectivity index (χ2v) is 8.75. The quantitative estimate of drug-likeness (QED) is 0.690. The Morgan fingerprint density at radius 3 is 2.42 bits per heavy atom. The molecule has 3 fully saturated rings. The van der Waals surface area contributed by atoms with E-state index in [0.717, 1.165) is 6.07 Å². The van der Waals surface area contributed by atoms with Gasteiger partial charge in [-0.1, -0.05) is 23.7 Å². The number of carbonyl (C=O) groups is 2. The van der Waals surface area contributed by atoms with Crippen LogP contribution in [0.1, 0.15) is 47.6 Å². The number of benzene rings is 2. The van der Waals surface area contributed by atoms with Gasteiger partial charge in [-0.25, -0.2) is 8.78 Å². The summed E-state index contributed by atoms with van der Waals surface area (Å²) in [6.45, 7) is 0.741. The number of rotatable bonds is 2. The van der Waals surface area contributed by atoms with Crippen LogP contribution in [0.4, 0.5) is 8.78 Å². The summed E-state index contributed by atoms with van der Waals surface area (Å²) in [5, 5.41) is 0.395. The Morgan fingerprint density at radius 2 is 1.74 bits per heavy atom. The molecule has 2 amide bonds. The molecule has 2 aromatic carbocycles. The number of hydrogen-bond donors (Lipinski definition) is 0. The van der Waals surface area contributed by atoms with Gasteiger partial charge in [-0.3, -0.25) is 9.59 Å². The monoisotopic (exact) mass is 446 g/mol. The maximum atomic E-state index is 13.7. The van der Waals surface area contributed by atoms with Crippen molar-refractivity contribution in [3.8, 4) is 0 Å². The van der Waals surface area contributed by atoms with E-state index in [0.29, 0.717) is 54.9 Å². The maximum absolute atomic E-state index is 13.7. The van der Waals surface area contributed by atoms with Gasteiger partial charge in [-0.15, -0.1) is 0 Å². The van der Waals surface area contributed by atoms with Gasteiger partial charge in [0.1, 0.15) is 17.9 Å². The van der Waals surface area contributed by atoms with Crippen LogP contribution in [0.15, 0.2) is 42.5 Å². The number of fused-ring (bicyclic) bond motifs is 1. The van der Waals surface area contributed by atoms with Gasteiger partial charge in [-0.2, -0.15) is 0 Å². The van der Waals surface area contributed by atoms with Crippen LogP contribution < -0.4 is 0 Å².